The van der Waals surface area contributed by atoms with Crippen LogP contribution in [-0.2, 0) is 4.79 Å². The van der Waals surface area contributed by atoms with E-state index in [1.165, 1.54) is 18.2 Å². The van der Waals surface area contributed by atoms with Gasteiger partial charge < -0.3 is 24.7 Å². The van der Waals surface area contributed by atoms with Crippen molar-refractivity contribution >= 4 is 11.8 Å². The van der Waals surface area contributed by atoms with E-state index < -0.39 is 0 Å². The maximum Gasteiger partial charge on any atom is 0.254 e. The molecule has 0 radical (unpaired) electrons. The third-order valence-corrected chi connectivity index (χ3v) is 5.26. The van der Waals surface area contributed by atoms with Crippen molar-refractivity contribution in [1.29, 1.82) is 0 Å². The van der Waals surface area contributed by atoms with Crippen LogP contribution in [0.5, 0.6) is 17.2 Å². The summed E-state index contributed by atoms with van der Waals surface area (Å²) in [5.74, 6) is 0.359. The molecule has 0 spiro atoms. The molecule has 2 amide bonds. The normalized spacial score (nSPS) is 13.9. The number of hydrogen-bond donors (Lipinski definition) is 2. The predicted molar refractivity (Wildman–Crippen MR) is 113 cm³/mol. The number of aromatic hydroxyl groups is 2. The Morgan fingerprint density at radius 1 is 0.933 bits per heavy atom. The molecule has 1 aliphatic heterocycles. The summed E-state index contributed by atoms with van der Waals surface area (Å²) in [6.45, 7) is 6.26. The fraction of sp³-hybridized carbons (Fsp3) is 0.391. The van der Waals surface area contributed by atoms with E-state index in [0.29, 0.717) is 45.6 Å². The van der Waals surface area contributed by atoms with Gasteiger partial charge in [-0.05, 0) is 43.5 Å². The van der Waals surface area contributed by atoms with Gasteiger partial charge in [0.15, 0.2) is 0 Å². The second kappa shape index (κ2) is 9.52. The summed E-state index contributed by atoms with van der Waals surface area (Å²) in [7, 11) is 0. The third kappa shape index (κ3) is 5.23. The molecule has 1 heterocycles. The molecule has 7 heteroatoms. The van der Waals surface area contributed by atoms with Crippen LogP contribution in [0.1, 0.15) is 34.3 Å². The highest BCUT2D eigenvalue weighted by Gasteiger charge is 2.25. The number of amides is 2. The summed E-state index contributed by atoms with van der Waals surface area (Å²) in [5.41, 5.74) is 2.40. The molecule has 30 heavy (non-hydrogen) atoms. The lowest BCUT2D eigenvalue weighted by atomic mass is 10.1. The lowest BCUT2D eigenvalue weighted by molar-refractivity contribution is -0.132. The van der Waals surface area contributed by atoms with Crippen molar-refractivity contribution in [2.24, 2.45) is 0 Å². The van der Waals surface area contributed by atoms with Gasteiger partial charge in [0.05, 0.1) is 6.61 Å². The Labute approximate surface area is 176 Å². The van der Waals surface area contributed by atoms with Gasteiger partial charge in [-0.1, -0.05) is 18.2 Å². The minimum atomic E-state index is -0.268. The minimum absolute atomic E-state index is 0.0576. The molecule has 1 fully saturated rings. The Bertz CT molecular complexity index is 879. The van der Waals surface area contributed by atoms with Crippen LogP contribution in [0.3, 0.4) is 0 Å². The lowest BCUT2D eigenvalue weighted by Crippen LogP contribution is -2.50. The maximum atomic E-state index is 12.6. The maximum absolute atomic E-state index is 12.6. The molecule has 0 atom stereocenters. The second-order valence-corrected chi connectivity index (χ2v) is 7.58. The number of carbonyl (C=O) groups excluding carboxylic acids is 2. The number of benzene rings is 2. The number of para-hydroxylation sites is 1. The molecule has 0 aromatic heterocycles. The number of aryl methyl sites for hydroxylation is 2. The number of piperazine rings is 1. The van der Waals surface area contributed by atoms with E-state index in [-0.39, 0.29) is 28.9 Å². The van der Waals surface area contributed by atoms with Crippen molar-refractivity contribution in [3.8, 4) is 17.2 Å². The number of ether oxygens (including phenoxy) is 1. The van der Waals surface area contributed by atoms with Gasteiger partial charge in [0.2, 0.25) is 5.91 Å². The van der Waals surface area contributed by atoms with Crippen LogP contribution in [0.2, 0.25) is 0 Å². The molecule has 0 bridgehead atoms. The molecule has 160 valence electrons. The van der Waals surface area contributed by atoms with E-state index in [0.717, 1.165) is 16.9 Å². The van der Waals surface area contributed by atoms with E-state index in [2.05, 4.69) is 0 Å². The summed E-state index contributed by atoms with van der Waals surface area (Å²) in [6, 6.07) is 9.84. The van der Waals surface area contributed by atoms with Crippen LogP contribution < -0.4 is 4.74 Å². The second-order valence-electron chi connectivity index (χ2n) is 7.58. The van der Waals surface area contributed by atoms with E-state index in [4.69, 9.17) is 4.74 Å². The number of phenolic OH excluding ortho intramolecular Hbond substituents is 2. The number of hydrogen-bond acceptors (Lipinski definition) is 5. The zero-order valence-corrected chi connectivity index (χ0v) is 17.4. The predicted octanol–water partition coefficient (Wildman–Crippen LogP) is 2.86. The van der Waals surface area contributed by atoms with Gasteiger partial charge in [-0.25, -0.2) is 0 Å². The van der Waals surface area contributed by atoms with E-state index >= 15 is 0 Å². The molecular weight excluding hydrogens is 384 g/mol. The van der Waals surface area contributed by atoms with Crippen LogP contribution >= 0.6 is 0 Å². The van der Waals surface area contributed by atoms with Crippen LogP contribution in [-0.4, -0.2) is 64.6 Å². The molecular formula is C23H28N2O5. The first-order valence-electron chi connectivity index (χ1n) is 10.1. The van der Waals surface area contributed by atoms with E-state index in [9.17, 15) is 19.8 Å². The summed E-state index contributed by atoms with van der Waals surface area (Å²) in [6.07, 6.45) is 1.04. The van der Waals surface area contributed by atoms with Gasteiger partial charge in [0.1, 0.15) is 17.2 Å². The Kier molecular flexibility index (Phi) is 6.82. The third-order valence-electron chi connectivity index (χ3n) is 5.26. The first kappa shape index (κ1) is 21.5. The SMILES string of the molecule is Cc1cccc(C)c1OCCCC(=O)N1CCN(C(=O)c2cc(O)cc(O)c2)CC1. The van der Waals surface area contributed by atoms with Crippen molar-refractivity contribution in [3.05, 3.63) is 53.1 Å². The summed E-state index contributed by atoms with van der Waals surface area (Å²) in [4.78, 5) is 28.4. The van der Waals surface area contributed by atoms with E-state index in [1.54, 1.807) is 9.80 Å². The Hall–Kier alpha value is -3.22. The number of phenols is 2. The van der Waals surface area contributed by atoms with Crippen molar-refractivity contribution in [1.82, 2.24) is 9.80 Å². The summed E-state index contributed by atoms with van der Waals surface area (Å²) >= 11 is 0. The van der Waals surface area contributed by atoms with Crippen LogP contribution in [0.4, 0.5) is 0 Å². The van der Waals surface area contributed by atoms with Gasteiger partial charge in [-0.15, -0.1) is 0 Å². The average Bonchev–Trinajstić information content (AvgIpc) is 2.71. The van der Waals surface area contributed by atoms with Crippen molar-refractivity contribution < 1.29 is 24.5 Å². The number of carbonyl (C=O) groups is 2. The first-order valence-corrected chi connectivity index (χ1v) is 10.1. The molecule has 7 nitrogen and oxygen atoms in total. The molecule has 0 aliphatic carbocycles. The highest BCUT2D eigenvalue weighted by Crippen LogP contribution is 2.23. The lowest BCUT2D eigenvalue weighted by Gasteiger charge is -2.35. The van der Waals surface area contributed by atoms with Gasteiger partial charge >= 0.3 is 0 Å². The highest BCUT2D eigenvalue weighted by molar-refractivity contribution is 5.95. The monoisotopic (exact) mass is 412 g/mol. The van der Waals surface area contributed by atoms with Crippen LogP contribution in [0.15, 0.2) is 36.4 Å². The largest absolute Gasteiger partial charge is 0.508 e. The van der Waals surface area contributed by atoms with Crippen molar-refractivity contribution in [2.45, 2.75) is 26.7 Å². The molecule has 0 saturated carbocycles. The van der Waals surface area contributed by atoms with Crippen LogP contribution in [0.25, 0.3) is 0 Å². The van der Waals surface area contributed by atoms with Crippen molar-refractivity contribution in [3.63, 3.8) is 0 Å². The molecule has 0 unspecified atom stereocenters. The fourth-order valence-corrected chi connectivity index (χ4v) is 3.64. The first-order chi connectivity index (χ1) is 14.3. The topological polar surface area (TPSA) is 90.3 Å². The smallest absolute Gasteiger partial charge is 0.254 e. The summed E-state index contributed by atoms with van der Waals surface area (Å²) in [5, 5.41) is 19.1. The molecule has 2 aromatic rings. The van der Waals surface area contributed by atoms with Crippen molar-refractivity contribution in [2.75, 3.05) is 32.8 Å². The minimum Gasteiger partial charge on any atom is -0.508 e. The molecule has 3 rings (SSSR count). The number of rotatable bonds is 6. The van der Waals surface area contributed by atoms with Gasteiger partial charge in [-0.2, -0.15) is 0 Å². The number of nitrogens with zero attached hydrogens (tertiary/aromatic N) is 2. The Morgan fingerprint density at radius 3 is 2.10 bits per heavy atom. The Balaban J connectivity index is 1.43. The molecule has 2 aromatic carbocycles. The van der Waals surface area contributed by atoms with Crippen LogP contribution in [0, 0.1) is 13.8 Å². The highest BCUT2D eigenvalue weighted by atomic mass is 16.5. The van der Waals surface area contributed by atoms with Gasteiger partial charge in [-0.3, -0.25) is 9.59 Å². The average molecular weight is 412 g/mol. The molecule has 1 aliphatic rings. The van der Waals surface area contributed by atoms with E-state index in [1.807, 2.05) is 32.0 Å². The fourth-order valence-electron chi connectivity index (χ4n) is 3.64. The standard InChI is InChI=1S/C23H28N2O5/c1-16-5-3-6-17(2)22(16)30-12-4-7-21(28)24-8-10-25(11-9-24)23(29)18-13-19(26)15-20(27)14-18/h3,5-6,13-15,26-27H,4,7-12H2,1-2H3. The van der Waals surface area contributed by atoms with Gasteiger partial charge in [0.25, 0.3) is 5.91 Å². The molecule has 1 saturated heterocycles. The van der Waals surface area contributed by atoms with Gasteiger partial charge in [0, 0.05) is 44.2 Å². The molecule has 2 N–H and O–H groups in total. The zero-order valence-electron chi connectivity index (χ0n) is 17.4. The zero-order chi connectivity index (χ0) is 21.7. The quantitative estimate of drug-likeness (QED) is 0.712. The Morgan fingerprint density at radius 2 is 1.50 bits per heavy atom. The summed E-state index contributed by atoms with van der Waals surface area (Å²) < 4.78 is 5.86.